The lowest BCUT2D eigenvalue weighted by Gasteiger charge is -2.13. The predicted molar refractivity (Wildman–Crippen MR) is 110 cm³/mol. The largest absolute Gasteiger partial charge is 0.490 e. The lowest BCUT2D eigenvalue weighted by molar-refractivity contribution is -0.115. The number of hydrogen-bond acceptors (Lipinski definition) is 5. The van der Waals surface area contributed by atoms with Gasteiger partial charge in [0.25, 0.3) is 5.91 Å². The fourth-order valence-electron chi connectivity index (χ4n) is 3.06. The Morgan fingerprint density at radius 2 is 2.00 bits per heavy atom. The lowest BCUT2D eigenvalue weighted by Crippen LogP contribution is -2.21. The van der Waals surface area contributed by atoms with Gasteiger partial charge in [-0.05, 0) is 78.2 Å². The Labute approximate surface area is 166 Å². The second kappa shape index (κ2) is 8.95. The maximum absolute atomic E-state index is 12.3. The molecule has 1 saturated carbocycles. The molecule has 1 aliphatic carbocycles. The molecular formula is C19H23BrN2O3S. The molecule has 0 bridgehead atoms. The normalized spacial score (nSPS) is 20.8. The summed E-state index contributed by atoms with van der Waals surface area (Å²) in [7, 11) is 0. The fraction of sp³-hybridized carbons (Fsp3) is 0.474. The Balaban J connectivity index is 1.83. The van der Waals surface area contributed by atoms with Gasteiger partial charge in [-0.2, -0.15) is 0 Å². The maximum atomic E-state index is 12.3. The SMILES string of the molecule is CCOc1cc(C=C2SC(=NC3CCCC3)NC2=O)cc(Br)c1OCC. The smallest absolute Gasteiger partial charge is 0.264 e. The number of carbonyl (C=O) groups is 1. The minimum absolute atomic E-state index is 0.102. The Morgan fingerprint density at radius 1 is 1.27 bits per heavy atom. The quantitative estimate of drug-likeness (QED) is 0.650. The molecular weight excluding hydrogens is 416 g/mol. The van der Waals surface area contributed by atoms with Gasteiger partial charge in [0, 0.05) is 0 Å². The second-order valence-electron chi connectivity index (χ2n) is 6.13. The molecule has 0 atom stereocenters. The topological polar surface area (TPSA) is 59.9 Å². The van der Waals surface area contributed by atoms with Crippen molar-refractivity contribution in [3.8, 4) is 11.5 Å². The first kappa shape index (κ1) is 19.3. The van der Waals surface area contributed by atoms with Crippen molar-refractivity contribution in [1.82, 2.24) is 5.32 Å². The third-order valence-electron chi connectivity index (χ3n) is 4.19. The number of hydrogen-bond donors (Lipinski definition) is 1. The highest BCUT2D eigenvalue weighted by atomic mass is 79.9. The number of nitrogens with zero attached hydrogens (tertiary/aromatic N) is 1. The van der Waals surface area contributed by atoms with Crippen LogP contribution in [0.15, 0.2) is 26.5 Å². The Hall–Kier alpha value is -1.47. The van der Waals surface area contributed by atoms with Gasteiger partial charge in [-0.25, -0.2) is 0 Å². The Kier molecular flexibility index (Phi) is 6.64. The number of benzene rings is 1. The highest BCUT2D eigenvalue weighted by Gasteiger charge is 2.26. The van der Waals surface area contributed by atoms with E-state index in [1.807, 2.05) is 32.1 Å². The van der Waals surface area contributed by atoms with E-state index in [2.05, 4.69) is 26.2 Å². The molecule has 2 fully saturated rings. The first-order valence-electron chi connectivity index (χ1n) is 8.98. The molecule has 1 N–H and O–H groups in total. The predicted octanol–water partition coefficient (Wildman–Crippen LogP) is 4.75. The van der Waals surface area contributed by atoms with E-state index in [4.69, 9.17) is 9.47 Å². The minimum Gasteiger partial charge on any atom is -0.490 e. The fourth-order valence-corrected chi connectivity index (χ4v) is 4.52. The molecule has 5 nitrogen and oxygen atoms in total. The molecule has 1 saturated heterocycles. The molecule has 7 heteroatoms. The van der Waals surface area contributed by atoms with Gasteiger partial charge in [0.2, 0.25) is 0 Å². The van der Waals surface area contributed by atoms with Crippen LogP contribution in [-0.2, 0) is 4.79 Å². The van der Waals surface area contributed by atoms with Crippen LogP contribution in [0, 0.1) is 0 Å². The summed E-state index contributed by atoms with van der Waals surface area (Å²) in [6.45, 7) is 4.96. The molecule has 1 amide bonds. The van der Waals surface area contributed by atoms with E-state index in [-0.39, 0.29) is 5.91 Å². The van der Waals surface area contributed by atoms with E-state index in [1.54, 1.807) is 0 Å². The lowest BCUT2D eigenvalue weighted by atomic mass is 10.2. The number of nitrogens with one attached hydrogen (secondary N) is 1. The number of halogens is 1. The molecule has 0 spiro atoms. The van der Waals surface area contributed by atoms with Crippen molar-refractivity contribution in [2.24, 2.45) is 4.99 Å². The third-order valence-corrected chi connectivity index (χ3v) is 5.71. The average Bonchev–Trinajstić information content (AvgIpc) is 3.22. The number of amidine groups is 1. The van der Waals surface area contributed by atoms with Crippen LogP contribution in [0.1, 0.15) is 45.1 Å². The van der Waals surface area contributed by atoms with Gasteiger partial charge in [0.15, 0.2) is 16.7 Å². The average molecular weight is 439 g/mol. The van der Waals surface area contributed by atoms with E-state index in [9.17, 15) is 4.79 Å². The van der Waals surface area contributed by atoms with E-state index >= 15 is 0 Å². The number of aliphatic imine (C=N–C) groups is 1. The summed E-state index contributed by atoms with van der Waals surface area (Å²) in [6, 6.07) is 4.17. The maximum Gasteiger partial charge on any atom is 0.264 e. The molecule has 1 heterocycles. The molecule has 26 heavy (non-hydrogen) atoms. The van der Waals surface area contributed by atoms with E-state index in [1.165, 1.54) is 24.6 Å². The van der Waals surface area contributed by atoms with Crippen LogP contribution in [0.25, 0.3) is 6.08 Å². The van der Waals surface area contributed by atoms with Crippen LogP contribution in [0.5, 0.6) is 11.5 Å². The van der Waals surface area contributed by atoms with Gasteiger partial charge >= 0.3 is 0 Å². The number of ether oxygens (including phenoxy) is 2. The number of carbonyl (C=O) groups excluding carboxylic acids is 1. The van der Waals surface area contributed by atoms with E-state index in [0.717, 1.165) is 22.9 Å². The molecule has 1 aromatic carbocycles. The van der Waals surface area contributed by atoms with Crippen molar-refractivity contribution in [2.75, 3.05) is 13.2 Å². The van der Waals surface area contributed by atoms with Gasteiger partial charge in [-0.3, -0.25) is 9.79 Å². The summed E-state index contributed by atoms with van der Waals surface area (Å²) in [4.78, 5) is 17.6. The number of amides is 1. The summed E-state index contributed by atoms with van der Waals surface area (Å²) in [5.41, 5.74) is 0.878. The van der Waals surface area contributed by atoms with Gasteiger partial charge in [-0.15, -0.1) is 0 Å². The molecule has 3 rings (SSSR count). The zero-order chi connectivity index (χ0) is 18.5. The van der Waals surface area contributed by atoms with Gasteiger partial charge in [0.1, 0.15) is 0 Å². The monoisotopic (exact) mass is 438 g/mol. The highest BCUT2D eigenvalue weighted by molar-refractivity contribution is 9.10. The van der Waals surface area contributed by atoms with Crippen LogP contribution < -0.4 is 14.8 Å². The minimum atomic E-state index is -0.102. The molecule has 140 valence electrons. The van der Waals surface area contributed by atoms with Gasteiger partial charge in [0.05, 0.1) is 28.6 Å². The van der Waals surface area contributed by atoms with Crippen molar-refractivity contribution in [2.45, 2.75) is 45.6 Å². The summed E-state index contributed by atoms with van der Waals surface area (Å²) >= 11 is 4.94. The molecule has 0 aromatic heterocycles. The van der Waals surface area contributed by atoms with E-state index in [0.29, 0.717) is 40.8 Å². The van der Waals surface area contributed by atoms with Gasteiger partial charge < -0.3 is 14.8 Å². The van der Waals surface area contributed by atoms with Crippen LogP contribution >= 0.6 is 27.7 Å². The summed E-state index contributed by atoms with van der Waals surface area (Å²) < 4.78 is 12.2. The van der Waals surface area contributed by atoms with Crippen LogP contribution in [-0.4, -0.2) is 30.3 Å². The third kappa shape index (κ3) is 4.62. The van der Waals surface area contributed by atoms with Crippen LogP contribution in [0.4, 0.5) is 0 Å². The number of rotatable bonds is 6. The molecule has 0 radical (unpaired) electrons. The first-order chi connectivity index (χ1) is 12.6. The summed E-state index contributed by atoms with van der Waals surface area (Å²) in [6.07, 6.45) is 6.54. The molecule has 1 aromatic rings. The van der Waals surface area contributed by atoms with Gasteiger partial charge in [-0.1, -0.05) is 12.8 Å². The van der Waals surface area contributed by atoms with Crippen molar-refractivity contribution < 1.29 is 14.3 Å². The van der Waals surface area contributed by atoms with Crippen molar-refractivity contribution in [1.29, 1.82) is 0 Å². The highest BCUT2D eigenvalue weighted by Crippen LogP contribution is 2.38. The zero-order valence-electron chi connectivity index (χ0n) is 15.0. The Bertz CT molecular complexity index is 743. The Morgan fingerprint density at radius 3 is 2.69 bits per heavy atom. The first-order valence-corrected chi connectivity index (χ1v) is 10.6. The molecule has 2 aliphatic rings. The molecule has 0 unspecified atom stereocenters. The van der Waals surface area contributed by atoms with Crippen LogP contribution in [0.3, 0.4) is 0 Å². The van der Waals surface area contributed by atoms with Crippen molar-refractivity contribution >= 4 is 44.8 Å². The standard InChI is InChI=1S/C19H23BrN2O3S/c1-3-24-15-10-12(9-14(20)17(15)25-4-2)11-16-18(23)22-19(26-16)21-13-7-5-6-8-13/h9-11,13H,3-8H2,1-2H3,(H,21,22,23). The summed E-state index contributed by atoms with van der Waals surface area (Å²) in [5, 5.41) is 3.59. The number of thioether (sulfide) groups is 1. The van der Waals surface area contributed by atoms with E-state index < -0.39 is 0 Å². The zero-order valence-corrected chi connectivity index (χ0v) is 17.4. The second-order valence-corrected chi connectivity index (χ2v) is 8.02. The van der Waals surface area contributed by atoms with Crippen molar-refractivity contribution in [3.63, 3.8) is 0 Å². The molecule has 1 aliphatic heterocycles. The van der Waals surface area contributed by atoms with Crippen LogP contribution in [0.2, 0.25) is 0 Å². The summed E-state index contributed by atoms with van der Waals surface area (Å²) in [5.74, 6) is 1.25. The van der Waals surface area contributed by atoms with Crippen molar-refractivity contribution in [3.05, 3.63) is 27.1 Å².